The lowest BCUT2D eigenvalue weighted by Crippen LogP contribution is -2.12. The van der Waals surface area contributed by atoms with E-state index in [0.29, 0.717) is 10.0 Å². The molecule has 0 radical (unpaired) electrons. The van der Waals surface area contributed by atoms with Crippen molar-refractivity contribution in [3.05, 3.63) is 55.7 Å². The van der Waals surface area contributed by atoms with Gasteiger partial charge in [-0.3, -0.25) is 0 Å². The van der Waals surface area contributed by atoms with E-state index in [-0.39, 0.29) is 6.04 Å². The van der Waals surface area contributed by atoms with Crippen LogP contribution in [0.1, 0.15) is 22.0 Å². The largest absolute Gasteiger partial charge is 0.320 e. The van der Waals surface area contributed by atoms with Gasteiger partial charge in [0, 0.05) is 4.88 Å². The number of hydrogen-bond donors (Lipinski definition) is 1. The summed E-state index contributed by atoms with van der Waals surface area (Å²) in [5, 5.41) is 3.12. The average Bonchev–Trinajstić information content (AvgIpc) is 2.68. The third-order valence-corrected chi connectivity index (χ3v) is 4.25. The Balaban J connectivity index is 2.46. The molecule has 0 saturated carbocycles. The molecule has 1 aromatic carbocycles. The summed E-state index contributed by atoms with van der Waals surface area (Å²) >= 11 is 13.8. The van der Waals surface area contributed by atoms with Crippen molar-refractivity contribution in [3.8, 4) is 0 Å². The average molecular weight is 272 g/mol. The zero-order valence-electron chi connectivity index (χ0n) is 8.71. The molecule has 0 aliphatic rings. The second-order valence-electron chi connectivity index (χ2n) is 3.55. The molecule has 0 bridgehead atoms. The van der Waals surface area contributed by atoms with Crippen molar-refractivity contribution in [2.24, 2.45) is 5.73 Å². The summed E-state index contributed by atoms with van der Waals surface area (Å²) in [7, 11) is 0. The number of benzene rings is 1. The molecule has 0 amide bonds. The molecule has 84 valence electrons. The normalized spacial score (nSPS) is 12.8. The van der Waals surface area contributed by atoms with Crippen LogP contribution in [0.3, 0.4) is 0 Å². The van der Waals surface area contributed by atoms with Crippen LogP contribution in [0.2, 0.25) is 10.0 Å². The molecule has 4 heteroatoms. The van der Waals surface area contributed by atoms with Crippen LogP contribution in [0, 0.1) is 6.92 Å². The maximum Gasteiger partial charge on any atom is 0.0643 e. The highest BCUT2D eigenvalue weighted by atomic mass is 35.5. The van der Waals surface area contributed by atoms with Gasteiger partial charge >= 0.3 is 0 Å². The highest BCUT2D eigenvalue weighted by molar-refractivity contribution is 7.10. The summed E-state index contributed by atoms with van der Waals surface area (Å²) in [6, 6.07) is 7.36. The van der Waals surface area contributed by atoms with Crippen molar-refractivity contribution in [3.63, 3.8) is 0 Å². The lowest BCUT2D eigenvalue weighted by molar-refractivity contribution is 0.870. The van der Waals surface area contributed by atoms with Gasteiger partial charge in [-0.15, -0.1) is 11.3 Å². The Morgan fingerprint density at radius 1 is 1.19 bits per heavy atom. The van der Waals surface area contributed by atoms with Crippen molar-refractivity contribution >= 4 is 34.5 Å². The van der Waals surface area contributed by atoms with Crippen LogP contribution in [0.25, 0.3) is 0 Å². The Morgan fingerprint density at radius 2 is 1.94 bits per heavy atom. The molecule has 2 N–H and O–H groups in total. The maximum absolute atomic E-state index is 6.19. The summed E-state index contributed by atoms with van der Waals surface area (Å²) in [6.07, 6.45) is 0. The van der Waals surface area contributed by atoms with Crippen LogP contribution in [0.5, 0.6) is 0 Å². The molecule has 1 nitrogen and oxygen atoms in total. The van der Waals surface area contributed by atoms with Gasteiger partial charge in [-0.25, -0.2) is 0 Å². The Bertz CT molecular complexity index is 507. The van der Waals surface area contributed by atoms with E-state index in [1.165, 1.54) is 4.88 Å². The third kappa shape index (κ3) is 2.11. The maximum atomic E-state index is 6.19. The van der Waals surface area contributed by atoms with E-state index in [1.54, 1.807) is 17.4 Å². The van der Waals surface area contributed by atoms with Gasteiger partial charge in [0.25, 0.3) is 0 Å². The van der Waals surface area contributed by atoms with Gasteiger partial charge in [-0.2, -0.15) is 0 Å². The van der Waals surface area contributed by atoms with Gasteiger partial charge in [-0.1, -0.05) is 35.3 Å². The molecule has 1 unspecified atom stereocenters. The molecule has 2 rings (SSSR count). The minimum atomic E-state index is -0.211. The Morgan fingerprint density at radius 3 is 2.56 bits per heavy atom. The second-order valence-corrected chi connectivity index (χ2v) is 5.46. The fourth-order valence-corrected chi connectivity index (χ4v) is 2.82. The first-order chi connectivity index (χ1) is 7.61. The Labute approximate surface area is 109 Å². The van der Waals surface area contributed by atoms with Crippen LogP contribution >= 0.6 is 34.5 Å². The van der Waals surface area contributed by atoms with E-state index in [1.807, 2.05) is 23.6 Å². The smallest absolute Gasteiger partial charge is 0.0643 e. The minimum absolute atomic E-state index is 0.211. The fourth-order valence-electron chi connectivity index (χ4n) is 1.65. The second kappa shape index (κ2) is 4.76. The predicted molar refractivity (Wildman–Crippen MR) is 71.5 cm³/mol. The lowest BCUT2D eigenvalue weighted by atomic mass is 10.0. The van der Waals surface area contributed by atoms with Gasteiger partial charge in [0.05, 0.1) is 16.1 Å². The molecule has 0 saturated heterocycles. The summed E-state index contributed by atoms with van der Waals surface area (Å²) < 4.78 is 0. The van der Waals surface area contributed by atoms with E-state index in [0.717, 1.165) is 11.1 Å². The Kier molecular flexibility index (Phi) is 3.55. The molecular formula is C12H11Cl2NS. The zero-order valence-corrected chi connectivity index (χ0v) is 11.0. The molecule has 1 aromatic heterocycles. The van der Waals surface area contributed by atoms with Crippen LogP contribution in [-0.2, 0) is 0 Å². The van der Waals surface area contributed by atoms with Crippen LogP contribution in [0.15, 0.2) is 29.6 Å². The standard InChI is InChI=1S/C12H11Cl2NS/c1-7-8(5-6-16-7)12(15)9-3-2-4-10(13)11(9)14/h2-6,12H,15H2,1H3. The van der Waals surface area contributed by atoms with E-state index in [9.17, 15) is 0 Å². The molecule has 1 heterocycles. The third-order valence-electron chi connectivity index (χ3n) is 2.55. The van der Waals surface area contributed by atoms with Crippen molar-refractivity contribution < 1.29 is 0 Å². The van der Waals surface area contributed by atoms with E-state index in [2.05, 4.69) is 6.92 Å². The number of halogens is 2. The summed E-state index contributed by atoms with van der Waals surface area (Å²) in [6.45, 7) is 2.05. The van der Waals surface area contributed by atoms with Crippen LogP contribution in [-0.4, -0.2) is 0 Å². The van der Waals surface area contributed by atoms with Gasteiger partial charge in [0.1, 0.15) is 0 Å². The minimum Gasteiger partial charge on any atom is -0.320 e. The first kappa shape index (κ1) is 11.9. The van der Waals surface area contributed by atoms with Crippen molar-refractivity contribution in [2.45, 2.75) is 13.0 Å². The monoisotopic (exact) mass is 271 g/mol. The summed E-state index contributed by atoms with van der Waals surface area (Å²) in [5.41, 5.74) is 8.17. The number of nitrogens with two attached hydrogens (primary N) is 1. The van der Waals surface area contributed by atoms with Crippen molar-refractivity contribution in [2.75, 3.05) is 0 Å². The van der Waals surface area contributed by atoms with Gasteiger partial charge < -0.3 is 5.73 Å². The molecule has 0 spiro atoms. The number of hydrogen-bond acceptors (Lipinski definition) is 2. The lowest BCUT2D eigenvalue weighted by Gasteiger charge is -2.14. The summed E-state index contributed by atoms with van der Waals surface area (Å²) in [4.78, 5) is 1.21. The Hall–Kier alpha value is -0.540. The first-order valence-electron chi connectivity index (χ1n) is 4.84. The molecule has 2 aromatic rings. The van der Waals surface area contributed by atoms with Gasteiger partial charge in [-0.05, 0) is 35.6 Å². The molecule has 0 aliphatic heterocycles. The zero-order chi connectivity index (χ0) is 11.7. The summed E-state index contributed by atoms with van der Waals surface area (Å²) in [5.74, 6) is 0. The molecule has 16 heavy (non-hydrogen) atoms. The highest BCUT2D eigenvalue weighted by Crippen LogP contribution is 2.33. The molecule has 0 aliphatic carbocycles. The predicted octanol–water partition coefficient (Wildman–Crippen LogP) is 4.41. The van der Waals surface area contributed by atoms with E-state index in [4.69, 9.17) is 28.9 Å². The van der Waals surface area contributed by atoms with E-state index >= 15 is 0 Å². The van der Waals surface area contributed by atoms with Gasteiger partial charge in [0.15, 0.2) is 0 Å². The van der Waals surface area contributed by atoms with E-state index < -0.39 is 0 Å². The molecular weight excluding hydrogens is 261 g/mol. The fraction of sp³-hybridized carbons (Fsp3) is 0.167. The van der Waals surface area contributed by atoms with Crippen LogP contribution in [0.4, 0.5) is 0 Å². The van der Waals surface area contributed by atoms with Gasteiger partial charge in [0.2, 0.25) is 0 Å². The SMILES string of the molecule is Cc1sccc1C(N)c1cccc(Cl)c1Cl. The topological polar surface area (TPSA) is 26.0 Å². The first-order valence-corrected chi connectivity index (χ1v) is 6.48. The van der Waals surface area contributed by atoms with Crippen molar-refractivity contribution in [1.82, 2.24) is 0 Å². The molecule has 0 fully saturated rings. The highest BCUT2D eigenvalue weighted by Gasteiger charge is 2.16. The number of aryl methyl sites for hydroxylation is 1. The number of rotatable bonds is 2. The quantitative estimate of drug-likeness (QED) is 0.860. The van der Waals surface area contributed by atoms with Crippen LogP contribution < -0.4 is 5.73 Å². The number of thiophene rings is 1. The van der Waals surface area contributed by atoms with Crippen molar-refractivity contribution in [1.29, 1.82) is 0 Å². The molecule has 1 atom stereocenters.